The predicted molar refractivity (Wildman–Crippen MR) is 89.3 cm³/mol. The third kappa shape index (κ3) is 2.91. The van der Waals surface area contributed by atoms with E-state index in [9.17, 15) is 0 Å². The van der Waals surface area contributed by atoms with Crippen molar-refractivity contribution in [3.05, 3.63) is 46.2 Å². The van der Waals surface area contributed by atoms with Gasteiger partial charge in [0.1, 0.15) is 0 Å². The number of rotatable bonds is 3. The van der Waals surface area contributed by atoms with Crippen LogP contribution in [0.5, 0.6) is 0 Å². The molecule has 0 fully saturated rings. The van der Waals surface area contributed by atoms with Crippen molar-refractivity contribution in [1.29, 1.82) is 0 Å². The van der Waals surface area contributed by atoms with Gasteiger partial charge in [-0.2, -0.15) is 15.0 Å². The first-order valence-corrected chi connectivity index (χ1v) is 7.38. The molecular formula is C14H11BrClN5. The van der Waals surface area contributed by atoms with Crippen LogP contribution in [0.3, 0.4) is 0 Å². The van der Waals surface area contributed by atoms with E-state index in [0.29, 0.717) is 11.9 Å². The Labute approximate surface area is 134 Å². The van der Waals surface area contributed by atoms with Crippen LogP contribution in [-0.2, 0) is 0 Å². The maximum atomic E-state index is 5.89. The van der Waals surface area contributed by atoms with E-state index in [1.54, 1.807) is 7.05 Å². The third-order valence-electron chi connectivity index (χ3n) is 2.95. The van der Waals surface area contributed by atoms with Gasteiger partial charge in [0.2, 0.25) is 17.2 Å². The van der Waals surface area contributed by atoms with Crippen LogP contribution in [0.15, 0.2) is 40.9 Å². The standard InChI is InChI=1S/C14H11BrClN5/c1-17-13-19-12(16)20-14(21-13)18-11-7-6-10(15)8-4-2-3-5-9(8)11/h2-7H,1H3,(H2,17,18,19,20,21). The van der Waals surface area contributed by atoms with Gasteiger partial charge >= 0.3 is 0 Å². The molecule has 0 bridgehead atoms. The summed E-state index contributed by atoms with van der Waals surface area (Å²) < 4.78 is 1.04. The molecule has 0 unspecified atom stereocenters. The molecule has 0 saturated heterocycles. The number of nitrogens with zero attached hydrogens (tertiary/aromatic N) is 3. The fourth-order valence-electron chi connectivity index (χ4n) is 2.01. The summed E-state index contributed by atoms with van der Waals surface area (Å²) in [7, 11) is 1.73. The number of hydrogen-bond acceptors (Lipinski definition) is 5. The summed E-state index contributed by atoms with van der Waals surface area (Å²) in [6, 6.07) is 12.0. The summed E-state index contributed by atoms with van der Waals surface area (Å²) in [4.78, 5) is 12.3. The molecule has 5 nitrogen and oxygen atoms in total. The molecule has 0 aliphatic rings. The average molecular weight is 365 g/mol. The van der Waals surface area contributed by atoms with Crippen LogP contribution in [0.4, 0.5) is 17.6 Å². The molecular weight excluding hydrogens is 354 g/mol. The van der Waals surface area contributed by atoms with E-state index < -0.39 is 0 Å². The first kappa shape index (κ1) is 14.0. The number of benzene rings is 2. The van der Waals surface area contributed by atoms with Gasteiger partial charge in [-0.15, -0.1) is 0 Å². The summed E-state index contributed by atoms with van der Waals surface area (Å²) in [5.74, 6) is 0.811. The van der Waals surface area contributed by atoms with Crippen LogP contribution in [0.2, 0.25) is 5.28 Å². The van der Waals surface area contributed by atoms with Crippen molar-refractivity contribution < 1.29 is 0 Å². The fourth-order valence-corrected chi connectivity index (χ4v) is 2.65. The maximum absolute atomic E-state index is 5.89. The molecule has 0 radical (unpaired) electrons. The molecule has 1 aromatic heterocycles. The number of aromatic nitrogens is 3. The highest BCUT2D eigenvalue weighted by Crippen LogP contribution is 2.31. The number of halogens is 2. The fraction of sp³-hybridized carbons (Fsp3) is 0.0714. The Hall–Kier alpha value is -1.92. The van der Waals surface area contributed by atoms with Crippen LogP contribution in [-0.4, -0.2) is 22.0 Å². The third-order valence-corrected chi connectivity index (χ3v) is 3.81. The van der Waals surface area contributed by atoms with Crippen molar-refractivity contribution in [2.75, 3.05) is 17.7 Å². The molecule has 21 heavy (non-hydrogen) atoms. The number of hydrogen-bond donors (Lipinski definition) is 2. The summed E-state index contributed by atoms with van der Waals surface area (Å²) in [5.41, 5.74) is 0.901. The molecule has 1 heterocycles. The van der Waals surface area contributed by atoms with Crippen molar-refractivity contribution >= 4 is 55.9 Å². The van der Waals surface area contributed by atoms with Crippen LogP contribution in [0.25, 0.3) is 10.8 Å². The lowest BCUT2D eigenvalue weighted by Crippen LogP contribution is -2.04. The molecule has 0 atom stereocenters. The molecule has 2 aromatic carbocycles. The molecule has 3 aromatic rings. The van der Waals surface area contributed by atoms with Gasteiger partial charge in [0, 0.05) is 22.6 Å². The van der Waals surface area contributed by atoms with E-state index in [1.807, 2.05) is 36.4 Å². The maximum Gasteiger partial charge on any atom is 0.233 e. The normalized spacial score (nSPS) is 10.6. The summed E-state index contributed by atoms with van der Waals surface area (Å²) in [6.45, 7) is 0. The van der Waals surface area contributed by atoms with Crippen molar-refractivity contribution in [3.8, 4) is 0 Å². The van der Waals surface area contributed by atoms with E-state index in [2.05, 4.69) is 41.5 Å². The Morgan fingerprint density at radius 1 is 0.952 bits per heavy atom. The summed E-state index contributed by atoms with van der Waals surface area (Å²) >= 11 is 9.44. The van der Waals surface area contributed by atoms with Crippen LogP contribution < -0.4 is 10.6 Å². The highest BCUT2D eigenvalue weighted by atomic mass is 79.9. The molecule has 0 amide bonds. The van der Waals surface area contributed by atoms with Crippen molar-refractivity contribution in [2.24, 2.45) is 0 Å². The zero-order chi connectivity index (χ0) is 14.8. The lowest BCUT2D eigenvalue weighted by molar-refractivity contribution is 1.05. The van der Waals surface area contributed by atoms with E-state index in [4.69, 9.17) is 11.6 Å². The van der Waals surface area contributed by atoms with Crippen LogP contribution in [0, 0.1) is 0 Å². The highest BCUT2D eigenvalue weighted by molar-refractivity contribution is 9.10. The van der Waals surface area contributed by atoms with Gasteiger partial charge in [0.15, 0.2) is 0 Å². The van der Waals surface area contributed by atoms with E-state index in [-0.39, 0.29) is 5.28 Å². The number of fused-ring (bicyclic) bond motifs is 1. The minimum atomic E-state index is 0.137. The number of anilines is 3. The minimum Gasteiger partial charge on any atom is -0.357 e. The predicted octanol–water partition coefficient (Wildman–Crippen LogP) is 4.23. The molecule has 0 saturated carbocycles. The molecule has 7 heteroatoms. The summed E-state index contributed by atoms with van der Waals surface area (Å²) in [6.07, 6.45) is 0. The summed E-state index contributed by atoms with van der Waals surface area (Å²) in [5, 5.41) is 8.34. The Kier molecular flexibility index (Phi) is 3.90. The zero-order valence-electron chi connectivity index (χ0n) is 11.1. The monoisotopic (exact) mass is 363 g/mol. The van der Waals surface area contributed by atoms with Gasteiger partial charge in [0.25, 0.3) is 0 Å². The zero-order valence-corrected chi connectivity index (χ0v) is 13.4. The Balaban J connectivity index is 2.06. The molecule has 106 valence electrons. The van der Waals surface area contributed by atoms with Gasteiger partial charge in [0.05, 0.1) is 0 Å². The molecule has 3 rings (SSSR count). The molecule has 0 spiro atoms. The van der Waals surface area contributed by atoms with Crippen molar-refractivity contribution in [2.45, 2.75) is 0 Å². The quantitative estimate of drug-likeness (QED) is 0.728. The Morgan fingerprint density at radius 2 is 1.67 bits per heavy atom. The SMILES string of the molecule is CNc1nc(Cl)nc(Nc2ccc(Br)c3ccccc23)n1. The molecule has 2 N–H and O–H groups in total. The first-order chi connectivity index (χ1) is 10.2. The highest BCUT2D eigenvalue weighted by Gasteiger charge is 2.08. The van der Waals surface area contributed by atoms with Gasteiger partial charge in [-0.3, -0.25) is 0 Å². The average Bonchev–Trinajstić information content (AvgIpc) is 2.50. The molecule has 0 aliphatic heterocycles. The number of nitrogens with one attached hydrogen (secondary N) is 2. The second-order valence-electron chi connectivity index (χ2n) is 4.27. The minimum absolute atomic E-state index is 0.137. The Bertz CT molecular complexity index is 808. The van der Waals surface area contributed by atoms with Gasteiger partial charge in [-0.05, 0) is 29.1 Å². The molecule has 0 aliphatic carbocycles. The first-order valence-electron chi connectivity index (χ1n) is 6.21. The van der Waals surface area contributed by atoms with Crippen molar-refractivity contribution in [3.63, 3.8) is 0 Å². The van der Waals surface area contributed by atoms with E-state index in [1.165, 1.54) is 0 Å². The second-order valence-corrected chi connectivity index (χ2v) is 5.46. The largest absolute Gasteiger partial charge is 0.357 e. The topological polar surface area (TPSA) is 62.7 Å². The van der Waals surface area contributed by atoms with Gasteiger partial charge < -0.3 is 10.6 Å². The lowest BCUT2D eigenvalue weighted by atomic mass is 10.1. The van der Waals surface area contributed by atoms with E-state index in [0.717, 1.165) is 20.9 Å². The lowest BCUT2D eigenvalue weighted by Gasteiger charge is -2.10. The second kappa shape index (κ2) is 5.83. The smallest absolute Gasteiger partial charge is 0.233 e. The van der Waals surface area contributed by atoms with Crippen LogP contribution >= 0.6 is 27.5 Å². The van der Waals surface area contributed by atoms with Crippen molar-refractivity contribution in [1.82, 2.24) is 15.0 Å². The van der Waals surface area contributed by atoms with Gasteiger partial charge in [-0.1, -0.05) is 40.2 Å². The van der Waals surface area contributed by atoms with Gasteiger partial charge in [-0.25, -0.2) is 0 Å². The Morgan fingerprint density at radius 3 is 2.43 bits per heavy atom. The van der Waals surface area contributed by atoms with Crippen LogP contribution in [0.1, 0.15) is 0 Å². The van der Waals surface area contributed by atoms with E-state index >= 15 is 0 Å².